The first-order valence-electron chi connectivity index (χ1n) is 6.33. The Morgan fingerprint density at radius 2 is 2.16 bits per heavy atom. The monoisotopic (exact) mass is 299 g/mol. The van der Waals surface area contributed by atoms with Crippen LogP contribution < -0.4 is 5.32 Å². The zero-order valence-corrected chi connectivity index (χ0v) is 12.8. The molecule has 0 aromatic carbocycles. The number of anilines is 1. The lowest BCUT2D eigenvalue weighted by Crippen LogP contribution is -2.49. The Hall–Kier alpha value is -0.870. The van der Waals surface area contributed by atoms with Gasteiger partial charge in [-0.2, -0.15) is 9.64 Å². The van der Waals surface area contributed by atoms with Crippen LogP contribution in [-0.2, 0) is 0 Å². The molecule has 1 aliphatic rings. The summed E-state index contributed by atoms with van der Waals surface area (Å²) in [7, 11) is 2.15. The normalized spacial score (nSPS) is 19.1. The molecule has 1 aromatic heterocycles. The number of hydrogen-bond acceptors (Lipinski definition) is 6. The molecule has 1 unspecified atom stereocenters. The number of nitriles is 1. The summed E-state index contributed by atoms with van der Waals surface area (Å²) in [6.45, 7) is 7.41. The van der Waals surface area contributed by atoms with Gasteiger partial charge in [0.25, 0.3) is 0 Å². The highest BCUT2D eigenvalue weighted by molar-refractivity contribution is 7.10. The number of aromatic nitrogens is 1. The molecule has 0 amide bonds. The largest absolute Gasteiger partial charge is 0.373 e. The smallest absolute Gasteiger partial charge is 0.162 e. The summed E-state index contributed by atoms with van der Waals surface area (Å²) in [6, 6.07) is 2.52. The lowest BCUT2D eigenvalue weighted by atomic mass is 10.2. The Morgan fingerprint density at radius 1 is 1.47 bits per heavy atom. The summed E-state index contributed by atoms with van der Waals surface area (Å²) in [5, 5.41) is 13.4. The van der Waals surface area contributed by atoms with Crippen LogP contribution in [0, 0.1) is 11.3 Å². The number of rotatable bonds is 4. The lowest BCUT2D eigenvalue weighted by Gasteiger charge is -2.36. The quantitative estimate of drug-likeness (QED) is 0.917. The van der Waals surface area contributed by atoms with Crippen LogP contribution >= 0.6 is 23.1 Å². The van der Waals surface area contributed by atoms with Gasteiger partial charge >= 0.3 is 0 Å². The maximum atomic E-state index is 9.01. The minimum absolute atomic E-state index is 0.294. The summed E-state index contributed by atoms with van der Waals surface area (Å²) in [5.74, 6) is 0. The van der Waals surface area contributed by atoms with Crippen LogP contribution in [0.2, 0.25) is 5.15 Å². The summed E-state index contributed by atoms with van der Waals surface area (Å²) >= 11 is 7.09. The standard InChI is InChI=1S/C12H18ClN5S/c1-9(18-5-3-17(2)4-6-18)8-15-12-10(7-14)11(13)16-19-12/h9,15H,3-6,8H2,1-2H3. The van der Waals surface area contributed by atoms with Gasteiger partial charge in [-0.15, -0.1) is 0 Å². The van der Waals surface area contributed by atoms with Crippen molar-refractivity contribution in [3.63, 3.8) is 0 Å². The van der Waals surface area contributed by atoms with Crippen molar-refractivity contribution in [3.05, 3.63) is 10.7 Å². The first-order valence-corrected chi connectivity index (χ1v) is 7.48. The number of nitrogens with one attached hydrogen (secondary N) is 1. The molecule has 0 radical (unpaired) electrons. The molecule has 0 bridgehead atoms. The molecule has 2 rings (SSSR count). The molecular formula is C12H18ClN5S. The third-order valence-electron chi connectivity index (χ3n) is 3.48. The maximum absolute atomic E-state index is 9.01. The highest BCUT2D eigenvalue weighted by atomic mass is 35.5. The molecule has 5 nitrogen and oxygen atoms in total. The van der Waals surface area contributed by atoms with E-state index in [-0.39, 0.29) is 0 Å². The summed E-state index contributed by atoms with van der Waals surface area (Å²) in [5.41, 5.74) is 0.456. The zero-order chi connectivity index (χ0) is 13.8. The Bertz CT molecular complexity index is 461. The van der Waals surface area contributed by atoms with Gasteiger partial charge in [0.05, 0.1) is 0 Å². The molecule has 1 N–H and O–H groups in total. The van der Waals surface area contributed by atoms with Gasteiger partial charge in [0.1, 0.15) is 16.6 Å². The Labute approximate surface area is 122 Å². The minimum Gasteiger partial charge on any atom is -0.373 e. The topological polar surface area (TPSA) is 55.2 Å². The Morgan fingerprint density at radius 3 is 2.79 bits per heavy atom. The van der Waals surface area contributed by atoms with Crippen LogP contribution in [0.25, 0.3) is 0 Å². The second-order valence-electron chi connectivity index (χ2n) is 4.86. The van der Waals surface area contributed by atoms with Gasteiger partial charge in [-0.1, -0.05) is 11.6 Å². The van der Waals surface area contributed by atoms with Crippen LogP contribution in [0.3, 0.4) is 0 Å². The zero-order valence-electron chi connectivity index (χ0n) is 11.2. The first kappa shape index (κ1) is 14.5. The molecule has 1 fully saturated rings. The van der Waals surface area contributed by atoms with Crippen molar-refractivity contribution in [2.75, 3.05) is 45.1 Å². The third kappa shape index (κ3) is 3.57. The minimum atomic E-state index is 0.294. The van der Waals surface area contributed by atoms with Crippen LogP contribution in [0.4, 0.5) is 5.00 Å². The van der Waals surface area contributed by atoms with E-state index in [2.05, 4.69) is 39.5 Å². The van der Waals surface area contributed by atoms with Crippen LogP contribution in [0.1, 0.15) is 12.5 Å². The molecule has 1 aromatic rings. The van der Waals surface area contributed by atoms with Gasteiger partial charge in [0.15, 0.2) is 5.15 Å². The van der Waals surface area contributed by atoms with Gasteiger partial charge in [-0.05, 0) is 25.5 Å². The third-order valence-corrected chi connectivity index (χ3v) is 4.66. The molecule has 0 saturated carbocycles. The van der Waals surface area contributed by atoms with Gasteiger partial charge in [0.2, 0.25) is 0 Å². The van der Waals surface area contributed by atoms with E-state index in [4.69, 9.17) is 16.9 Å². The molecule has 19 heavy (non-hydrogen) atoms. The highest BCUT2D eigenvalue weighted by Gasteiger charge is 2.19. The molecule has 1 saturated heterocycles. The number of piperazine rings is 1. The van der Waals surface area contributed by atoms with Crippen molar-refractivity contribution in [2.45, 2.75) is 13.0 Å². The molecule has 1 atom stereocenters. The molecule has 1 aliphatic heterocycles. The predicted molar refractivity (Wildman–Crippen MR) is 78.9 cm³/mol. The highest BCUT2D eigenvalue weighted by Crippen LogP contribution is 2.27. The lowest BCUT2D eigenvalue weighted by molar-refractivity contribution is 0.123. The van der Waals surface area contributed by atoms with E-state index in [0.29, 0.717) is 16.8 Å². The number of halogens is 1. The van der Waals surface area contributed by atoms with Gasteiger partial charge in [-0.3, -0.25) is 4.90 Å². The van der Waals surface area contributed by atoms with Crippen LogP contribution in [0.5, 0.6) is 0 Å². The fourth-order valence-corrected chi connectivity index (χ4v) is 3.06. The SMILES string of the molecule is CC(CNc1snc(Cl)c1C#N)N1CCN(C)CC1. The average Bonchev–Trinajstić information content (AvgIpc) is 2.77. The van der Waals surface area contributed by atoms with E-state index in [1.165, 1.54) is 11.5 Å². The van der Waals surface area contributed by atoms with E-state index < -0.39 is 0 Å². The molecule has 0 spiro atoms. The number of nitrogens with zero attached hydrogens (tertiary/aromatic N) is 4. The van der Waals surface area contributed by atoms with Crippen molar-refractivity contribution in [2.24, 2.45) is 0 Å². The predicted octanol–water partition coefficient (Wildman–Crippen LogP) is 1.72. The van der Waals surface area contributed by atoms with Crippen molar-refractivity contribution >= 4 is 28.1 Å². The average molecular weight is 300 g/mol. The Kier molecular flexibility index (Phi) is 4.99. The summed E-state index contributed by atoms with van der Waals surface area (Å²) in [6.07, 6.45) is 0. The van der Waals surface area contributed by atoms with E-state index in [9.17, 15) is 0 Å². The molecule has 2 heterocycles. The maximum Gasteiger partial charge on any atom is 0.162 e. The molecule has 0 aliphatic carbocycles. The fourth-order valence-electron chi connectivity index (χ4n) is 2.12. The van der Waals surface area contributed by atoms with Crippen molar-refractivity contribution in [1.29, 1.82) is 5.26 Å². The van der Waals surface area contributed by atoms with Crippen LogP contribution in [-0.4, -0.2) is 60.0 Å². The fraction of sp³-hybridized carbons (Fsp3) is 0.667. The molecule has 7 heteroatoms. The number of hydrogen-bond donors (Lipinski definition) is 1. The second-order valence-corrected chi connectivity index (χ2v) is 5.99. The van der Waals surface area contributed by atoms with Gasteiger partial charge < -0.3 is 10.2 Å². The van der Waals surface area contributed by atoms with E-state index >= 15 is 0 Å². The second kappa shape index (κ2) is 6.53. The molecular weight excluding hydrogens is 282 g/mol. The van der Waals surface area contributed by atoms with Crippen LogP contribution in [0.15, 0.2) is 0 Å². The van der Waals surface area contributed by atoms with Crippen molar-refractivity contribution < 1.29 is 0 Å². The van der Waals surface area contributed by atoms with E-state index in [1.54, 1.807) is 0 Å². The van der Waals surface area contributed by atoms with Gasteiger partial charge in [-0.25, -0.2) is 0 Å². The summed E-state index contributed by atoms with van der Waals surface area (Å²) in [4.78, 5) is 4.80. The number of likely N-dealkylation sites (N-methyl/N-ethyl adjacent to an activating group) is 1. The first-order chi connectivity index (χ1) is 9.11. The van der Waals surface area contributed by atoms with Crippen molar-refractivity contribution in [1.82, 2.24) is 14.2 Å². The molecule has 104 valence electrons. The summed E-state index contributed by atoms with van der Waals surface area (Å²) < 4.78 is 3.99. The van der Waals surface area contributed by atoms with Gasteiger partial charge in [0, 0.05) is 38.8 Å². The van der Waals surface area contributed by atoms with Crippen molar-refractivity contribution in [3.8, 4) is 6.07 Å². The van der Waals surface area contributed by atoms with E-state index in [0.717, 1.165) is 37.7 Å². The van der Waals surface area contributed by atoms with E-state index in [1.807, 2.05) is 0 Å². The Balaban J connectivity index is 1.86.